The smallest absolute Gasteiger partial charge is 0.0907 e. The van der Waals surface area contributed by atoms with Crippen LogP contribution in [0, 0.1) is 6.92 Å². The summed E-state index contributed by atoms with van der Waals surface area (Å²) in [7, 11) is 0. The molecule has 2 heterocycles. The molecule has 0 atom stereocenters. The zero-order chi connectivity index (χ0) is 11.4. The number of aromatic nitrogens is 1. The lowest BCUT2D eigenvalue weighted by molar-refractivity contribution is 0.700. The normalized spacial score (nSPS) is 15.6. The van der Waals surface area contributed by atoms with Crippen LogP contribution in [0.5, 0.6) is 0 Å². The quantitative estimate of drug-likeness (QED) is 0.570. The van der Waals surface area contributed by atoms with Crippen LogP contribution in [0.2, 0.25) is 0 Å². The molecule has 0 bridgehead atoms. The highest BCUT2D eigenvalue weighted by molar-refractivity contribution is 7.21. The van der Waals surface area contributed by atoms with Crippen LogP contribution >= 0.6 is 22.7 Å². The summed E-state index contributed by atoms with van der Waals surface area (Å²) >= 11 is 3.81. The first-order valence-electron chi connectivity index (χ1n) is 6.13. The van der Waals surface area contributed by atoms with Gasteiger partial charge in [-0.2, -0.15) is 0 Å². The summed E-state index contributed by atoms with van der Waals surface area (Å²) in [6.45, 7) is 2.09. The first-order valence-corrected chi connectivity index (χ1v) is 7.76. The number of hydrogen-bond donors (Lipinski definition) is 0. The second kappa shape index (κ2) is 3.53. The average molecular weight is 259 g/mol. The van der Waals surface area contributed by atoms with Gasteiger partial charge in [0.05, 0.1) is 15.2 Å². The molecule has 0 saturated heterocycles. The average Bonchev–Trinajstić information content (AvgIpc) is 2.84. The summed E-state index contributed by atoms with van der Waals surface area (Å²) in [5.41, 5.74) is 2.80. The Morgan fingerprint density at radius 1 is 1.06 bits per heavy atom. The van der Waals surface area contributed by atoms with Crippen LogP contribution in [0.15, 0.2) is 12.1 Å². The predicted octanol–water partition coefficient (Wildman–Crippen LogP) is 4.70. The van der Waals surface area contributed by atoms with Crippen LogP contribution in [-0.2, 0) is 12.8 Å². The number of thiazole rings is 1. The van der Waals surface area contributed by atoms with E-state index in [1.807, 2.05) is 22.7 Å². The number of fused-ring (bicyclic) bond motifs is 4. The standard InChI is InChI=1S/C14H13NS2/c1-8-15-11-6-10-9-4-2-3-5-12(9)17-13(10)7-14(11)16-8/h6-7H,2-5H2,1H3. The van der Waals surface area contributed by atoms with Crippen molar-refractivity contribution in [3.63, 3.8) is 0 Å². The fourth-order valence-electron chi connectivity index (χ4n) is 2.80. The molecule has 1 nitrogen and oxygen atoms in total. The van der Waals surface area contributed by atoms with E-state index in [0.29, 0.717) is 0 Å². The summed E-state index contributed by atoms with van der Waals surface area (Å²) < 4.78 is 2.81. The minimum atomic E-state index is 1.17. The van der Waals surface area contributed by atoms with Gasteiger partial charge in [-0.15, -0.1) is 22.7 Å². The minimum absolute atomic E-state index is 1.17. The molecule has 1 aliphatic rings. The maximum absolute atomic E-state index is 4.61. The molecular formula is C14H13NS2. The highest BCUT2D eigenvalue weighted by Gasteiger charge is 2.16. The topological polar surface area (TPSA) is 12.9 Å². The largest absolute Gasteiger partial charge is 0.241 e. The molecule has 3 aromatic rings. The predicted molar refractivity (Wildman–Crippen MR) is 76.4 cm³/mol. The van der Waals surface area contributed by atoms with E-state index in [0.717, 1.165) is 0 Å². The van der Waals surface area contributed by atoms with Crippen molar-refractivity contribution in [2.45, 2.75) is 32.6 Å². The van der Waals surface area contributed by atoms with Crippen LogP contribution < -0.4 is 0 Å². The molecule has 0 N–H and O–H groups in total. The van der Waals surface area contributed by atoms with E-state index in [9.17, 15) is 0 Å². The van der Waals surface area contributed by atoms with Crippen molar-refractivity contribution in [1.82, 2.24) is 4.98 Å². The molecule has 1 aliphatic carbocycles. The van der Waals surface area contributed by atoms with E-state index < -0.39 is 0 Å². The monoisotopic (exact) mass is 259 g/mol. The molecule has 2 aromatic heterocycles. The molecule has 86 valence electrons. The van der Waals surface area contributed by atoms with Crippen LogP contribution in [0.25, 0.3) is 20.3 Å². The zero-order valence-electron chi connectivity index (χ0n) is 9.75. The highest BCUT2D eigenvalue weighted by atomic mass is 32.1. The molecular weight excluding hydrogens is 246 g/mol. The lowest BCUT2D eigenvalue weighted by atomic mass is 9.96. The van der Waals surface area contributed by atoms with Gasteiger partial charge >= 0.3 is 0 Å². The summed E-state index contributed by atoms with van der Waals surface area (Å²) in [6, 6.07) is 4.66. The minimum Gasteiger partial charge on any atom is -0.241 e. The second-order valence-electron chi connectivity index (χ2n) is 4.76. The Bertz CT molecular complexity index is 721. The van der Waals surface area contributed by atoms with Gasteiger partial charge in [0.15, 0.2) is 0 Å². The van der Waals surface area contributed by atoms with Gasteiger partial charge < -0.3 is 0 Å². The lowest BCUT2D eigenvalue weighted by Crippen LogP contribution is -1.97. The molecule has 1 aromatic carbocycles. The van der Waals surface area contributed by atoms with Crippen molar-refractivity contribution in [2.24, 2.45) is 0 Å². The molecule has 0 spiro atoms. The molecule has 0 saturated carbocycles. The van der Waals surface area contributed by atoms with Gasteiger partial charge in [-0.25, -0.2) is 4.98 Å². The SMILES string of the molecule is Cc1nc2cc3c4c(sc3cc2s1)CCCC4. The first kappa shape index (κ1) is 10.0. The van der Waals surface area contributed by atoms with Crippen molar-refractivity contribution in [3.05, 3.63) is 27.6 Å². The van der Waals surface area contributed by atoms with Crippen LogP contribution in [0.4, 0.5) is 0 Å². The van der Waals surface area contributed by atoms with Crippen molar-refractivity contribution in [3.8, 4) is 0 Å². The summed E-state index contributed by atoms with van der Waals surface area (Å²) in [5, 5.41) is 2.65. The van der Waals surface area contributed by atoms with E-state index in [4.69, 9.17) is 0 Å². The molecule has 0 radical (unpaired) electrons. The van der Waals surface area contributed by atoms with Crippen LogP contribution in [0.1, 0.15) is 28.3 Å². The van der Waals surface area contributed by atoms with E-state index >= 15 is 0 Å². The van der Waals surface area contributed by atoms with Crippen molar-refractivity contribution in [1.29, 1.82) is 0 Å². The van der Waals surface area contributed by atoms with E-state index in [1.54, 1.807) is 10.4 Å². The number of benzene rings is 1. The highest BCUT2D eigenvalue weighted by Crippen LogP contribution is 2.39. The fourth-order valence-corrected chi connectivity index (χ4v) is 5.04. The Hall–Kier alpha value is -0.930. The molecule has 0 unspecified atom stereocenters. The van der Waals surface area contributed by atoms with Crippen molar-refractivity contribution in [2.75, 3.05) is 0 Å². The maximum Gasteiger partial charge on any atom is 0.0907 e. The summed E-state index contributed by atoms with van der Waals surface area (Å²) in [6.07, 6.45) is 5.28. The van der Waals surface area contributed by atoms with Crippen LogP contribution in [0.3, 0.4) is 0 Å². The Kier molecular flexibility index (Phi) is 2.08. The van der Waals surface area contributed by atoms with E-state index in [-0.39, 0.29) is 0 Å². The van der Waals surface area contributed by atoms with Gasteiger partial charge in [0, 0.05) is 9.58 Å². The summed E-state index contributed by atoms with van der Waals surface area (Å²) in [5.74, 6) is 0. The third kappa shape index (κ3) is 1.45. The fraction of sp³-hybridized carbons (Fsp3) is 0.357. The van der Waals surface area contributed by atoms with Gasteiger partial charge in [0.2, 0.25) is 0 Å². The van der Waals surface area contributed by atoms with Gasteiger partial charge in [-0.1, -0.05) is 0 Å². The number of thiophene rings is 1. The number of aryl methyl sites for hydroxylation is 3. The number of nitrogens with zero attached hydrogens (tertiary/aromatic N) is 1. The molecule has 17 heavy (non-hydrogen) atoms. The third-order valence-corrected chi connectivity index (χ3v) is 5.76. The van der Waals surface area contributed by atoms with Crippen molar-refractivity contribution >= 4 is 43.0 Å². The van der Waals surface area contributed by atoms with Crippen LogP contribution in [-0.4, -0.2) is 4.98 Å². The molecule has 3 heteroatoms. The van der Waals surface area contributed by atoms with Gasteiger partial charge in [-0.3, -0.25) is 0 Å². The molecule has 0 aliphatic heterocycles. The second-order valence-corrected chi connectivity index (χ2v) is 7.13. The maximum atomic E-state index is 4.61. The van der Waals surface area contributed by atoms with Gasteiger partial charge in [-0.05, 0) is 55.7 Å². The Labute approximate surface area is 108 Å². The lowest BCUT2D eigenvalue weighted by Gasteiger charge is -2.09. The zero-order valence-corrected chi connectivity index (χ0v) is 11.4. The Morgan fingerprint density at radius 2 is 1.94 bits per heavy atom. The van der Waals surface area contributed by atoms with Crippen molar-refractivity contribution < 1.29 is 0 Å². The molecule has 0 amide bonds. The Balaban J connectivity index is 2.10. The molecule has 0 fully saturated rings. The van der Waals surface area contributed by atoms with E-state index in [1.165, 1.54) is 51.0 Å². The third-order valence-electron chi connectivity index (χ3n) is 3.57. The number of rotatable bonds is 0. The van der Waals surface area contributed by atoms with E-state index in [2.05, 4.69) is 24.0 Å². The van der Waals surface area contributed by atoms with Gasteiger partial charge in [0.25, 0.3) is 0 Å². The summed E-state index contributed by atoms with van der Waals surface area (Å²) in [4.78, 5) is 6.24. The molecule has 4 rings (SSSR count). The Morgan fingerprint density at radius 3 is 2.88 bits per heavy atom. The first-order chi connectivity index (χ1) is 8.31. The number of hydrogen-bond acceptors (Lipinski definition) is 3. The van der Waals surface area contributed by atoms with Gasteiger partial charge in [0.1, 0.15) is 0 Å².